The van der Waals surface area contributed by atoms with Crippen LogP contribution in [0, 0.1) is 23.2 Å². The average molecular weight is 725 g/mol. The quantitative estimate of drug-likeness (QED) is 0.0653. The fourth-order valence-electron chi connectivity index (χ4n) is 7.66. The molecule has 4 rings (SSSR count). The Hall–Kier alpha value is -4.69. The minimum atomic E-state index is -1.39. The molecule has 3 fully saturated rings. The Bertz CT molecular complexity index is 1430. The smallest absolute Gasteiger partial charge is 0.305 e. The van der Waals surface area contributed by atoms with Gasteiger partial charge in [-0.3, -0.25) is 34.2 Å². The maximum atomic E-state index is 14.2. The van der Waals surface area contributed by atoms with Crippen molar-refractivity contribution < 1.29 is 33.9 Å². The molecule has 2 saturated heterocycles. The van der Waals surface area contributed by atoms with Crippen LogP contribution in [0.5, 0.6) is 0 Å². The zero-order chi connectivity index (χ0) is 37.8. The van der Waals surface area contributed by atoms with Crippen molar-refractivity contribution in [2.24, 2.45) is 23.5 Å². The molecule has 0 aromatic heterocycles. The molecule has 15 heteroatoms. The number of hydrogen-bond donors (Lipinski definition) is 8. The van der Waals surface area contributed by atoms with Gasteiger partial charge in [0.15, 0.2) is 5.96 Å². The van der Waals surface area contributed by atoms with Crippen molar-refractivity contribution in [2.45, 2.75) is 121 Å². The van der Waals surface area contributed by atoms with E-state index < -0.39 is 54.3 Å². The van der Waals surface area contributed by atoms with E-state index in [1.165, 1.54) is 0 Å². The summed E-state index contributed by atoms with van der Waals surface area (Å²) in [5, 5.41) is 30.6. The zero-order valence-corrected chi connectivity index (χ0v) is 30.3. The largest absolute Gasteiger partial charge is 0.481 e. The van der Waals surface area contributed by atoms with Gasteiger partial charge >= 0.3 is 5.97 Å². The van der Waals surface area contributed by atoms with Gasteiger partial charge in [0.05, 0.1) is 6.42 Å². The van der Waals surface area contributed by atoms with E-state index in [0.717, 1.165) is 37.7 Å². The molecule has 0 radical (unpaired) electrons. The van der Waals surface area contributed by atoms with Gasteiger partial charge in [-0.1, -0.05) is 63.4 Å². The molecule has 0 spiro atoms. The van der Waals surface area contributed by atoms with Gasteiger partial charge in [-0.25, -0.2) is 0 Å². The Balaban J connectivity index is 1.55. The summed E-state index contributed by atoms with van der Waals surface area (Å²) in [6.45, 7) is 4.26. The predicted molar refractivity (Wildman–Crippen MR) is 194 cm³/mol. The van der Waals surface area contributed by atoms with Crippen LogP contribution in [0.4, 0.5) is 0 Å². The van der Waals surface area contributed by atoms with Gasteiger partial charge in [-0.05, 0) is 68.8 Å². The van der Waals surface area contributed by atoms with Crippen LogP contribution in [-0.2, 0) is 35.2 Å². The van der Waals surface area contributed by atoms with Gasteiger partial charge < -0.3 is 42.3 Å². The molecule has 52 heavy (non-hydrogen) atoms. The first-order chi connectivity index (χ1) is 24.8. The third kappa shape index (κ3) is 11.4. The van der Waals surface area contributed by atoms with Crippen LogP contribution < -0.4 is 32.3 Å². The van der Waals surface area contributed by atoms with Crippen molar-refractivity contribution in [1.82, 2.24) is 31.5 Å². The number of carboxylic acid groups (broad SMARTS) is 1. The Morgan fingerprint density at radius 2 is 1.63 bits per heavy atom. The van der Waals surface area contributed by atoms with Crippen LogP contribution in [-0.4, -0.2) is 94.8 Å². The van der Waals surface area contributed by atoms with Crippen molar-refractivity contribution in [3.63, 3.8) is 0 Å². The molecular weight excluding hydrogens is 668 g/mol. The summed E-state index contributed by atoms with van der Waals surface area (Å²) in [5.41, 5.74) is 6.49. The average Bonchev–Trinajstić information content (AvgIpc) is 3.48. The molecule has 9 N–H and O–H groups in total. The van der Waals surface area contributed by atoms with Gasteiger partial charge in [-0.15, -0.1) is 0 Å². The lowest BCUT2D eigenvalue weighted by molar-refractivity contribution is -0.147. The Labute approximate surface area is 305 Å². The molecule has 1 aliphatic carbocycles. The molecule has 1 aromatic carbocycles. The summed E-state index contributed by atoms with van der Waals surface area (Å²) in [6.07, 6.45) is 6.40. The zero-order valence-electron chi connectivity index (χ0n) is 30.3. The highest BCUT2D eigenvalue weighted by Gasteiger charge is 2.51. The Morgan fingerprint density at radius 3 is 2.29 bits per heavy atom. The molecule has 15 nitrogen and oxygen atoms in total. The summed E-state index contributed by atoms with van der Waals surface area (Å²) in [4.78, 5) is 81.5. The number of hydrogen-bond acceptors (Lipinski definition) is 7. The lowest BCUT2D eigenvalue weighted by atomic mass is 9.86. The Morgan fingerprint density at radius 1 is 0.923 bits per heavy atom. The molecule has 1 saturated carbocycles. The minimum Gasteiger partial charge on any atom is -0.481 e. The number of nitrogens with two attached hydrogens (primary N) is 1. The van der Waals surface area contributed by atoms with Crippen LogP contribution in [0.1, 0.15) is 90.0 Å². The number of carbonyl (C=O) groups is 6. The maximum absolute atomic E-state index is 14.2. The number of benzene rings is 1. The van der Waals surface area contributed by atoms with Crippen LogP contribution in [0.2, 0.25) is 0 Å². The molecule has 1 aromatic rings. The minimum absolute atomic E-state index is 0.0475. The van der Waals surface area contributed by atoms with Crippen molar-refractivity contribution in [3.05, 3.63) is 35.9 Å². The first-order valence-electron chi connectivity index (χ1n) is 18.7. The first kappa shape index (κ1) is 40.1. The highest BCUT2D eigenvalue weighted by Crippen LogP contribution is 2.39. The summed E-state index contributed by atoms with van der Waals surface area (Å²) >= 11 is 0. The third-order valence-electron chi connectivity index (χ3n) is 10.3. The standard InChI is InChI=1S/C37H56N8O7/c1-22(2)21-41-33(49)28(20-31(46)47)44-34(50)26(14-9-17-40-37(38)39)42-35(51)30-19-25(18-23-10-5-3-6-11-23)29-16-15-27(36(52)45(29)30)43-32(48)24-12-7-4-8-13-24/h3,5-6,10-11,22,24-30H,4,7-9,12-21H2,1-2H3,(H,41,49)(H,42,51)(H,43,48)(H,44,50)(H,46,47)(H4,38,39,40)/t25?,26?,27?,28-,29?,30-/m0/s1. The summed E-state index contributed by atoms with van der Waals surface area (Å²) in [6, 6.07) is 5.33. The van der Waals surface area contributed by atoms with Crippen molar-refractivity contribution in [2.75, 3.05) is 13.1 Å². The summed E-state index contributed by atoms with van der Waals surface area (Å²) < 4.78 is 0. The second-order valence-electron chi connectivity index (χ2n) is 14.8. The molecule has 0 bridgehead atoms. The van der Waals surface area contributed by atoms with Gasteiger partial charge in [0.25, 0.3) is 0 Å². The van der Waals surface area contributed by atoms with E-state index in [4.69, 9.17) is 11.1 Å². The van der Waals surface area contributed by atoms with Gasteiger partial charge in [0.2, 0.25) is 29.5 Å². The van der Waals surface area contributed by atoms with Crippen LogP contribution in [0.15, 0.2) is 30.3 Å². The molecule has 4 unspecified atom stereocenters. The number of rotatable bonds is 17. The maximum Gasteiger partial charge on any atom is 0.305 e. The molecule has 3 aliphatic rings. The van der Waals surface area contributed by atoms with E-state index in [2.05, 4.69) is 26.6 Å². The van der Waals surface area contributed by atoms with E-state index in [-0.39, 0.29) is 61.1 Å². The number of amides is 5. The number of guanidine groups is 1. The first-order valence-corrected chi connectivity index (χ1v) is 18.7. The fraction of sp³-hybridized carbons (Fsp3) is 0.649. The molecule has 286 valence electrons. The SMILES string of the molecule is CC(C)CNC(=O)[C@H](CC(=O)O)NC(=O)C(CCCNC(=N)N)NC(=O)[C@@H]1CC(Cc2ccccc2)C2CCC(NC(=O)C3CCCCC3)C(=O)N21. The topological polar surface area (TPSA) is 236 Å². The lowest BCUT2D eigenvalue weighted by Gasteiger charge is -2.39. The molecule has 2 aliphatic heterocycles. The number of carboxylic acids is 1. The second-order valence-corrected chi connectivity index (χ2v) is 14.8. The molecule has 2 heterocycles. The predicted octanol–water partition coefficient (Wildman–Crippen LogP) is 1.15. The summed E-state index contributed by atoms with van der Waals surface area (Å²) in [5.74, 6) is -4.03. The number of nitrogens with zero attached hydrogens (tertiary/aromatic N) is 1. The third-order valence-corrected chi connectivity index (χ3v) is 10.3. The molecule has 6 atom stereocenters. The highest BCUT2D eigenvalue weighted by atomic mass is 16.4. The number of carbonyl (C=O) groups excluding carboxylic acids is 5. The number of nitrogens with one attached hydrogen (secondary N) is 6. The molecule has 5 amide bonds. The van der Waals surface area contributed by atoms with E-state index in [0.29, 0.717) is 32.1 Å². The number of piperidine rings is 1. The van der Waals surface area contributed by atoms with E-state index >= 15 is 0 Å². The summed E-state index contributed by atoms with van der Waals surface area (Å²) in [7, 11) is 0. The van der Waals surface area contributed by atoms with Crippen LogP contribution in [0.25, 0.3) is 0 Å². The van der Waals surface area contributed by atoms with E-state index in [1.807, 2.05) is 44.2 Å². The van der Waals surface area contributed by atoms with Gasteiger partial charge in [0, 0.05) is 25.0 Å². The van der Waals surface area contributed by atoms with Gasteiger partial charge in [-0.2, -0.15) is 0 Å². The number of fused-ring (bicyclic) bond motifs is 1. The van der Waals surface area contributed by atoms with Crippen molar-refractivity contribution in [1.29, 1.82) is 5.41 Å². The van der Waals surface area contributed by atoms with Gasteiger partial charge in [0.1, 0.15) is 24.2 Å². The van der Waals surface area contributed by atoms with Crippen LogP contribution in [0.3, 0.4) is 0 Å². The highest BCUT2D eigenvalue weighted by molar-refractivity contribution is 5.97. The lowest BCUT2D eigenvalue weighted by Crippen LogP contribution is -2.61. The normalized spacial score (nSPS) is 22.8. The molecular formula is C37H56N8O7. The van der Waals surface area contributed by atoms with Crippen molar-refractivity contribution in [3.8, 4) is 0 Å². The Kier molecular flexibility index (Phi) is 14.8. The second kappa shape index (κ2) is 19.2. The van der Waals surface area contributed by atoms with E-state index in [9.17, 15) is 33.9 Å². The monoisotopic (exact) mass is 724 g/mol. The number of aliphatic carboxylic acids is 1. The van der Waals surface area contributed by atoms with E-state index in [1.54, 1.807) is 4.90 Å². The van der Waals surface area contributed by atoms with Crippen molar-refractivity contribution >= 4 is 41.5 Å². The fourth-order valence-corrected chi connectivity index (χ4v) is 7.66. The van der Waals surface area contributed by atoms with Crippen LogP contribution >= 0.6 is 0 Å².